The Morgan fingerprint density at radius 2 is 1.94 bits per heavy atom. The topological polar surface area (TPSA) is 29.1 Å². The fourth-order valence-corrected chi connectivity index (χ4v) is 2.52. The Bertz CT molecular complexity index is 378. The first-order valence-corrected chi connectivity index (χ1v) is 7.48. The summed E-state index contributed by atoms with van der Waals surface area (Å²) in [5.74, 6) is 0.595. The number of halogens is 1. The lowest BCUT2D eigenvalue weighted by atomic mass is 10.2. The van der Waals surface area contributed by atoms with Gasteiger partial charge in [-0.3, -0.25) is 4.79 Å². The van der Waals surface area contributed by atoms with E-state index in [4.69, 9.17) is 11.6 Å². The van der Waals surface area contributed by atoms with Gasteiger partial charge in [-0.05, 0) is 36.6 Å². The van der Waals surface area contributed by atoms with Crippen LogP contribution in [0.1, 0.15) is 27.2 Å². The molecule has 0 unspecified atom stereocenters. The fraction of sp³-hybridized carbons (Fsp3) is 0.500. The summed E-state index contributed by atoms with van der Waals surface area (Å²) in [4.78, 5) is 13.1. The van der Waals surface area contributed by atoms with E-state index in [0.717, 1.165) is 22.9 Å². The number of nitrogens with one attached hydrogen (secondary N) is 1. The standard InChI is InChI=1S/C14H20ClNOS/c1-4-13(14(17)16-9-10(2)3)18-12-7-5-11(15)6-8-12/h5-8,10,13H,4,9H2,1-3H3,(H,16,17)/t13-/m1/s1. The first-order chi connectivity index (χ1) is 8.52. The summed E-state index contributed by atoms with van der Waals surface area (Å²) in [6, 6.07) is 7.60. The summed E-state index contributed by atoms with van der Waals surface area (Å²) in [6.45, 7) is 6.94. The van der Waals surface area contributed by atoms with Crippen molar-refractivity contribution in [3.63, 3.8) is 0 Å². The van der Waals surface area contributed by atoms with Crippen LogP contribution >= 0.6 is 23.4 Å². The van der Waals surface area contributed by atoms with Gasteiger partial charge in [0.05, 0.1) is 5.25 Å². The van der Waals surface area contributed by atoms with E-state index in [-0.39, 0.29) is 11.2 Å². The molecular formula is C14H20ClNOS. The number of amides is 1. The zero-order valence-corrected chi connectivity index (χ0v) is 12.6. The van der Waals surface area contributed by atoms with Crippen LogP contribution in [-0.4, -0.2) is 17.7 Å². The Kier molecular flexibility index (Phi) is 6.58. The van der Waals surface area contributed by atoms with Crippen LogP contribution in [0.4, 0.5) is 0 Å². The first-order valence-electron chi connectivity index (χ1n) is 6.22. The average molecular weight is 286 g/mol. The lowest BCUT2D eigenvalue weighted by Gasteiger charge is -2.15. The minimum atomic E-state index is -0.0371. The first kappa shape index (κ1) is 15.4. The number of carbonyl (C=O) groups excluding carboxylic acids is 1. The molecule has 0 spiro atoms. The summed E-state index contributed by atoms with van der Waals surface area (Å²) >= 11 is 7.43. The predicted octanol–water partition coefficient (Wildman–Crippen LogP) is 3.98. The van der Waals surface area contributed by atoms with Crippen molar-refractivity contribution in [2.24, 2.45) is 5.92 Å². The van der Waals surface area contributed by atoms with Crippen molar-refractivity contribution < 1.29 is 4.79 Å². The van der Waals surface area contributed by atoms with E-state index in [9.17, 15) is 4.79 Å². The number of rotatable bonds is 6. The number of benzene rings is 1. The minimum absolute atomic E-state index is 0.0371. The third kappa shape index (κ3) is 5.32. The minimum Gasteiger partial charge on any atom is -0.355 e. The highest BCUT2D eigenvalue weighted by molar-refractivity contribution is 8.00. The molecule has 0 radical (unpaired) electrons. The van der Waals surface area contributed by atoms with Crippen LogP contribution in [0.3, 0.4) is 0 Å². The Morgan fingerprint density at radius 1 is 1.33 bits per heavy atom. The molecule has 0 fully saturated rings. The quantitative estimate of drug-likeness (QED) is 0.801. The van der Waals surface area contributed by atoms with Crippen molar-refractivity contribution in [2.45, 2.75) is 37.3 Å². The van der Waals surface area contributed by atoms with Crippen LogP contribution in [0.15, 0.2) is 29.2 Å². The van der Waals surface area contributed by atoms with Crippen LogP contribution in [0.25, 0.3) is 0 Å². The van der Waals surface area contributed by atoms with E-state index in [1.54, 1.807) is 11.8 Å². The lowest BCUT2D eigenvalue weighted by Crippen LogP contribution is -2.34. The molecule has 0 saturated heterocycles. The van der Waals surface area contributed by atoms with Gasteiger partial charge in [-0.1, -0.05) is 32.4 Å². The molecular weight excluding hydrogens is 266 g/mol. The van der Waals surface area contributed by atoms with Gasteiger partial charge < -0.3 is 5.32 Å². The second kappa shape index (κ2) is 7.70. The van der Waals surface area contributed by atoms with Crippen molar-refractivity contribution in [3.05, 3.63) is 29.3 Å². The third-order valence-corrected chi connectivity index (χ3v) is 4.07. The maximum atomic E-state index is 12.0. The maximum absolute atomic E-state index is 12.0. The second-order valence-corrected chi connectivity index (χ2v) is 6.32. The molecule has 0 bridgehead atoms. The van der Waals surface area contributed by atoms with Gasteiger partial charge in [0.25, 0.3) is 0 Å². The van der Waals surface area contributed by atoms with Crippen LogP contribution < -0.4 is 5.32 Å². The molecule has 18 heavy (non-hydrogen) atoms. The maximum Gasteiger partial charge on any atom is 0.233 e. The molecule has 2 nitrogen and oxygen atoms in total. The molecule has 0 saturated carbocycles. The number of hydrogen-bond donors (Lipinski definition) is 1. The third-order valence-electron chi connectivity index (χ3n) is 2.44. The molecule has 100 valence electrons. The average Bonchev–Trinajstić information content (AvgIpc) is 2.35. The van der Waals surface area contributed by atoms with Gasteiger partial charge in [0.1, 0.15) is 0 Å². The Balaban J connectivity index is 2.55. The van der Waals surface area contributed by atoms with Gasteiger partial charge in [-0.25, -0.2) is 0 Å². The van der Waals surface area contributed by atoms with Crippen LogP contribution in [0, 0.1) is 5.92 Å². The van der Waals surface area contributed by atoms with E-state index in [0.29, 0.717) is 5.92 Å². The Hall–Kier alpha value is -0.670. The summed E-state index contributed by atoms with van der Waals surface area (Å²) in [5.41, 5.74) is 0. The molecule has 0 heterocycles. The Morgan fingerprint density at radius 3 is 2.44 bits per heavy atom. The van der Waals surface area contributed by atoms with Crippen molar-refractivity contribution in [1.29, 1.82) is 0 Å². The van der Waals surface area contributed by atoms with Crippen LogP contribution in [-0.2, 0) is 4.79 Å². The van der Waals surface area contributed by atoms with E-state index < -0.39 is 0 Å². The summed E-state index contributed by atoms with van der Waals surface area (Å²) in [7, 11) is 0. The molecule has 0 aliphatic heterocycles. The molecule has 0 aliphatic carbocycles. The van der Waals surface area contributed by atoms with E-state index in [1.165, 1.54) is 0 Å². The van der Waals surface area contributed by atoms with Gasteiger partial charge in [0.2, 0.25) is 5.91 Å². The monoisotopic (exact) mass is 285 g/mol. The van der Waals surface area contributed by atoms with Crippen LogP contribution in [0.5, 0.6) is 0 Å². The molecule has 1 N–H and O–H groups in total. The van der Waals surface area contributed by atoms with E-state index in [1.807, 2.05) is 31.2 Å². The van der Waals surface area contributed by atoms with E-state index in [2.05, 4.69) is 19.2 Å². The number of thioether (sulfide) groups is 1. The molecule has 0 aliphatic rings. The van der Waals surface area contributed by atoms with Crippen molar-refractivity contribution >= 4 is 29.3 Å². The van der Waals surface area contributed by atoms with Crippen molar-refractivity contribution in [1.82, 2.24) is 5.32 Å². The molecule has 1 rings (SSSR count). The fourth-order valence-electron chi connectivity index (χ4n) is 1.42. The van der Waals surface area contributed by atoms with Gasteiger partial charge in [0, 0.05) is 16.5 Å². The van der Waals surface area contributed by atoms with Gasteiger partial charge in [-0.15, -0.1) is 11.8 Å². The van der Waals surface area contributed by atoms with E-state index >= 15 is 0 Å². The highest BCUT2D eigenvalue weighted by Gasteiger charge is 2.17. The molecule has 1 aromatic carbocycles. The van der Waals surface area contributed by atoms with Gasteiger partial charge in [0.15, 0.2) is 0 Å². The summed E-state index contributed by atoms with van der Waals surface area (Å²) < 4.78 is 0. The zero-order chi connectivity index (χ0) is 13.5. The highest BCUT2D eigenvalue weighted by Crippen LogP contribution is 2.26. The largest absolute Gasteiger partial charge is 0.355 e. The summed E-state index contributed by atoms with van der Waals surface area (Å²) in [5, 5.41) is 3.66. The smallest absolute Gasteiger partial charge is 0.233 e. The predicted molar refractivity (Wildman–Crippen MR) is 79.2 cm³/mol. The van der Waals surface area contributed by atoms with Crippen molar-refractivity contribution in [2.75, 3.05) is 6.54 Å². The number of carbonyl (C=O) groups is 1. The zero-order valence-electron chi connectivity index (χ0n) is 11.1. The van der Waals surface area contributed by atoms with Gasteiger partial charge >= 0.3 is 0 Å². The molecule has 0 aromatic heterocycles. The molecule has 4 heteroatoms. The second-order valence-electron chi connectivity index (χ2n) is 4.61. The highest BCUT2D eigenvalue weighted by atomic mass is 35.5. The van der Waals surface area contributed by atoms with Gasteiger partial charge in [-0.2, -0.15) is 0 Å². The molecule has 1 amide bonds. The van der Waals surface area contributed by atoms with Crippen LogP contribution in [0.2, 0.25) is 5.02 Å². The summed E-state index contributed by atoms with van der Waals surface area (Å²) in [6.07, 6.45) is 0.817. The van der Waals surface area contributed by atoms with Crippen molar-refractivity contribution in [3.8, 4) is 0 Å². The normalized spacial score (nSPS) is 12.5. The molecule has 1 aromatic rings. The lowest BCUT2D eigenvalue weighted by molar-refractivity contribution is -0.120. The SMILES string of the molecule is CC[C@@H](Sc1ccc(Cl)cc1)C(=O)NCC(C)C. The molecule has 1 atom stereocenters. The number of hydrogen-bond acceptors (Lipinski definition) is 2. The Labute approximate surface area is 118 Å².